The molecule has 33 heavy (non-hydrogen) atoms. The van der Waals surface area contributed by atoms with Crippen LogP contribution in [0.1, 0.15) is 59.8 Å². The van der Waals surface area contributed by atoms with Gasteiger partial charge in [-0.1, -0.05) is 19.4 Å². The third kappa shape index (κ3) is 9.86. The Morgan fingerprint density at radius 2 is 1.45 bits per heavy atom. The van der Waals surface area contributed by atoms with E-state index in [0.717, 1.165) is 38.1 Å². The molecular formula is C22H46O9Si2. The highest BCUT2D eigenvalue weighted by Crippen LogP contribution is 2.42. The predicted octanol–water partition coefficient (Wildman–Crippen LogP) is 3.91. The van der Waals surface area contributed by atoms with Crippen LogP contribution in [-0.2, 0) is 40.8 Å². The van der Waals surface area contributed by atoms with Gasteiger partial charge >= 0.3 is 23.6 Å². The smallest absolute Gasteiger partial charge is 0.463 e. The highest BCUT2D eigenvalue weighted by molar-refractivity contribution is 6.70. The largest absolute Gasteiger partial charge is 0.679 e. The number of ether oxygens (including phenoxy) is 2. The fourth-order valence-electron chi connectivity index (χ4n) is 4.07. The number of carbonyl (C=O) groups is 1. The predicted molar refractivity (Wildman–Crippen MR) is 131 cm³/mol. The van der Waals surface area contributed by atoms with E-state index < -0.39 is 17.6 Å². The van der Waals surface area contributed by atoms with Crippen LogP contribution < -0.4 is 0 Å². The Morgan fingerprint density at radius 3 is 1.85 bits per heavy atom. The van der Waals surface area contributed by atoms with Crippen LogP contribution in [0.5, 0.6) is 0 Å². The second-order valence-corrected chi connectivity index (χ2v) is 13.2. The highest BCUT2D eigenvalue weighted by atomic mass is 28.4. The first-order valence-corrected chi connectivity index (χ1v) is 15.5. The van der Waals surface area contributed by atoms with Crippen molar-refractivity contribution < 1.29 is 40.8 Å². The van der Waals surface area contributed by atoms with Gasteiger partial charge < -0.3 is 36.0 Å². The van der Waals surface area contributed by atoms with Crippen LogP contribution in [0.2, 0.25) is 6.04 Å². The Bertz CT molecular complexity index is 502. The molecule has 0 N–H and O–H groups in total. The Kier molecular flexibility index (Phi) is 17.4. The molecule has 1 rings (SSSR count). The van der Waals surface area contributed by atoms with Gasteiger partial charge in [0.1, 0.15) is 5.22 Å². The van der Waals surface area contributed by atoms with Crippen LogP contribution in [0, 0.1) is 0 Å². The average Bonchev–Trinajstić information content (AvgIpc) is 2.83. The summed E-state index contributed by atoms with van der Waals surface area (Å²) in [7, 11) is -0.0214. The Morgan fingerprint density at radius 1 is 0.939 bits per heavy atom. The van der Waals surface area contributed by atoms with Gasteiger partial charge in [0.15, 0.2) is 0 Å². The van der Waals surface area contributed by atoms with E-state index in [0.29, 0.717) is 33.0 Å². The molecule has 0 saturated carbocycles. The quantitative estimate of drug-likeness (QED) is 0.133. The maximum Gasteiger partial charge on any atom is 0.679 e. The molecule has 1 heterocycles. The third-order valence-electron chi connectivity index (χ3n) is 5.50. The summed E-state index contributed by atoms with van der Waals surface area (Å²) in [5.41, 5.74) is 0. The molecule has 1 fully saturated rings. The highest BCUT2D eigenvalue weighted by Gasteiger charge is 2.58. The molecule has 0 aliphatic carbocycles. The number of hydrogen-bond donors (Lipinski definition) is 0. The fraction of sp³-hybridized carbons (Fsp3) is 0.864. The summed E-state index contributed by atoms with van der Waals surface area (Å²) in [4.78, 5) is 11.0. The lowest BCUT2D eigenvalue weighted by Gasteiger charge is -2.48. The molecular weight excluding hydrogens is 464 g/mol. The van der Waals surface area contributed by atoms with Crippen molar-refractivity contribution in [2.45, 2.75) is 71.1 Å². The standard InChI is InChI=1S/C14H26O5Si.C8H20O4Si/c1-5-13(15)19-11-8-10-14(16-2)9-6-7-12-20(14,17-3)18-4;1-5-9-13(10-6-2,11-7-3)12-8-4/h5H,1,6-12H2,2-4H3;5-8H2,1-4H3. The first-order valence-electron chi connectivity index (χ1n) is 11.8. The summed E-state index contributed by atoms with van der Waals surface area (Å²) in [5, 5.41) is -0.352. The summed E-state index contributed by atoms with van der Waals surface area (Å²) in [5.74, 6) is -0.387. The third-order valence-corrected chi connectivity index (χ3v) is 12.5. The van der Waals surface area contributed by atoms with E-state index in [1.165, 1.54) is 6.08 Å². The van der Waals surface area contributed by atoms with Crippen molar-refractivity contribution >= 4 is 23.6 Å². The molecule has 0 aromatic rings. The van der Waals surface area contributed by atoms with Gasteiger partial charge in [-0.2, -0.15) is 0 Å². The van der Waals surface area contributed by atoms with Gasteiger partial charge in [0.05, 0.1) is 6.61 Å². The molecule has 0 amide bonds. The summed E-state index contributed by atoms with van der Waals surface area (Å²) in [6.07, 6.45) is 5.85. The molecule has 0 spiro atoms. The van der Waals surface area contributed by atoms with Crippen molar-refractivity contribution in [1.29, 1.82) is 0 Å². The molecule has 1 unspecified atom stereocenters. The molecule has 0 aromatic heterocycles. The van der Waals surface area contributed by atoms with Gasteiger partial charge in [0, 0.05) is 53.8 Å². The second kappa shape index (κ2) is 17.7. The number of esters is 1. The maximum atomic E-state index is 11.0. The monoisotopic (exact) mass is 510 g/mol. The molecule has 1 aliphatic heterocycles. The van der Waals surface area contributed by atoms with Crippen molar-refractivity contribution in [2.75, 3.05) is 54.4 Å². The molecule has 9 nitrogen and oxygen atoms in total. The van der Waals surface area contributed by atoms with E-state index in [1.807, 2.05) is 27.7 Å². The SMILES string of the molecule is C=CC(=O)OCCCC1(OC)CCCC[Si]1(OC)OC.CCO[Si](OCC)(OCC)OCC. The van der Waals surface area contributed by atoms with Gasteiger partial charge in [-0.25, -0.2) is 4.79 Å². The lowest BCUT2D eigenvalue weighted by atomic mass is 10.1. The molecule has 196 valence electrons. The normalized spacial score (nSPS) is 20.0. The lowest BCUT2D eigenvalue weighted by Crippen LogP contribution is -2.64. The summed E-state index contributed by atoms with van der Waals surface area (Å²) >= 11 is 0. The number of methoxy groups -OCH3 is 1. The van der Waals surface area contributed by atoms with Gasteiger partial charge in [-0.3, -0.25) is 0 Å². The molecule has 1 aliphatic rings. The van der Waals surface area contributed by atoms with Crippen molar-refractivity contribution in [2.24, 2.45) is 0 Å². The molecule has 1 saturated heterocycles. The summed E-state index contributed by atoms with van der Waals surface area (Å²) in [6, 6.07) is 0.945. The average molecular weight is 511 g/mol. The minimum atomic E-state index is -2.80. The van der Waals surface area contributed by atoms with E-state index in [4.69, 9.17) is 36.0 Å². The van der Waals surface area contributed by atoms with E-state index in [9.17, 15) is 4.79 Å². The Labute approximate surface area is 202 Å². The molecule has 1 atom stereocenters. The van der Waals surface area contributed by atoms with Crippen LogP contribution >= 0.6 is 0 Å². The number of carbonyl (C=O) groups excluding carboxylic acids is 1. The molecule has 0 radical (unpaired) electrons. The van der Waals surface area contributed by atoms with Gasteiger partial charge in [-0.05, 0) is 53.0 Å². The van der Waals surface area contributed by atoms with Crippen molar-refractivity contribution in [3.8, 4) is 0 Å². The molecule has 0 aromatic carbocycles. The summed E-state index contributed by atoms with van der Waals surface area (Å²) in [6.45, 7) is 13.5. The fourth-order valence-corrected chi connectivity index (χ4v) is 9.90. The van der Waals surface area contributed by atoms with E-state index in [-0.39, 0.29) is 11.2 Å². The van der Waals surface area contributed by atoms with Crippen LogP contribution in [0.4, 0.5) is 0 Å². The number of hydrogen-bond acceptors (Lipinski definition) is 9. The molecule has 0 bridgehead atoms. The van der Waals surface area contributed by atoms with Crippen molar-refractivity contribution in [1.82, 2.24) is 0 Å². The van der Waals surface area contributed by atoms with Crippen molar-refractivity contribution in [3.63, 3.8) is 0 Å². The zero-order valence-electron chi connectivity index (χ0n) is 21.7. The van der Waals surface area contributed by atoms with Crippen LogP contribution in [0.25, 0.3) is 0 Å². The second-order valence-electron chi connectivity index (χ2n) is 7.27. The maximum absolute atomic E-state index is 11.0. The van der Waals surface area contributed by atoms with Crippen LogP contribution in [-0.4, -0.2) is 83.2 Å². The van der Waals surface area contributed by atoms with Crippen molar-refractivity contribution in [3.05, 3.63) is 12.7 Å². The topological polar surface area (TPSA) is 90.9 Å². The van der Waals surface area contributed by atoms with Crippen LogP contribution in [0.3, 0.4) is 0 Å². The van der Waals surface area contributed by atoms with Gasteiger partial charge in [0.25, 0.3) is 0 Å². The van der Waals surface area contributed by atoms with E-state index in [1.54, 1.807) is 21.3 Å². The lowest BCUT2D eigenvalue weighted by molar-refractivity contribution is -0.138. The zero-order chi connectivity index (χ0) is 25.2. The Balaban J connectivity index is 0.000000684. The van der Waals surface area contributed by atoms with Crippen LogP contribution in [0.15, 0.2) is 12.7 Å². The molecule has 11 heteroatoms. The minimum absolute atomic E-state index is 0.352. The van der Waals surface area contributed by atoms with E-state index >= 15 is 0 Å². The minimum Gasteiger partial charge on any atom is -0.463 e. The van der Waals surface area contributed by atoms with Gasteiger partial charge in [0.2, 0.25) is 0 Å². The van der Waals surface area contributed by atoms with Gasteiger partial charge in [-0.15, -0.1) is 0 Å². The first kappa shape index (κ1) is 32.4. The first-order chi connectivity index (χ1) is 15.8. The van der Waals surface area contributed by atoms with E-state index in [2.05, 4.69) is 6.58 Å². The Hall–Kier alpha value is -0.636. The number of rotatable bonds is 16. The summed E-state index contributed by atoms with van der Waals surface area (Å²) < 4.78 is 44.2. The zero-order valence-corrected chi connectivity index (χ0v) is 23.7.